The Hall–Kier alpha value is -1.65. The van der Waals surface area contributed by atoms with Crippen LogP contribution >= 0.6 is 0 Å². The first kappa shape index (κ1) is 12.4. The summed E-state index contributed by atoms with van der Waals surface area (Å²) >= 11 is 0. The average Bonchev–Trinajstić information content (AvgIpc) is 3.22. The zero-order valence-corrected chi connectivity index (χ0v) is 10.5. The van der Waals surface area contributed by atoms with E-state index >= 15 is 0 Å². The Morgan fingerprint density at radius 3 is 2.58 bits per heavy atom. The fourth-order valence-electron chi connectivity index (χ4n) is 2.23. The number of hydrogen-bond acceptors (Lipinski definition) is 1. The van der Waals surface area contributed by atoms with E-state index in [2.05, 4.69) is 10.6 Å². The van der Waals surface area contributed by atoms with Crippen LogP contribution in [0.3, 0.4) is 0 Å². The molecule has 1 aromatic rings. The van der Waals surface area contributed by atoms with Crippen molar-refractivity contribution in [2.75, 3.05) is 0 Å². The quantitative estimate of drug-likeness (QED) is 0.864. The van der Waals surface area contributed by atoms with Crippen molar-refractivity contribution in [3.8, 4) is 0 Å². The number of carbonyl (C=O) groups is 1. The van der Waals surface area contributed by atoms with Crippen molar-refractivity contribution in [1.82, 2.24) is 10.6 Å². The monoisotopic (exact) mass is 266 g/mol. The van der Waals surface area contributed by atoms with Crippen LogP contribution in [-0.2, 0) is 0 Å². The van der Waals surface area contributed by atoms with E-state index in [9.17, 15) is 13.6 Å². The average molecular weight is 266 g/mol. The van der Waals surface area contributed by atoms with Gasteiger partial charge in [-0.3, -0.25) is 0 Å². The molecule has 2 aliphatic carbocycles. The van der Waals surface area contributed by atoms with Crippen molar-refractivity contribution in [2.24, 2.45) is 5.92 Å². The van der Waals surface area contributed by atoms with Gasteiger partial charge in [0.1, 0.15) is 11.6 Å². The highest BCUT2D eigenvalue weighted by molar-refractivity contribution is 5.75. The number of carbonyl (C=O) groups excluding carboxylic acids is 1. The van der Waals surface area contributed by atoms with E-state index in [4.69, 9.17) is 0 Å². The van der Waals surface area contributed by atoms with E-state index in [1.54, 1.807) is 0 Å². The van der Waals surface area contributed by atoms with Crippen LogP contribution in [0.4, 0.5) is 13.6 Å². The van der Waals surface area contributed by atoms with Crippen LogP contribution in [-0.4, -0.2) is 12.1 Å². The topological polar surface area (TPSA) is 41.1 Å². The van der Waals surface area contributed by atoms with Crippen LogP contribution in [0, 0.1) is 17.6 Å². The van der Waals surface area contributed by atoms with Crippen LogP contribution < -0.4 is 10.6 Å². The molecule has 1 unspecified atom stereocenters. The fraction of sp³-hybridized carbons (Fsp3) is 0.500. The second-order valence-corrected chi connectivity index (χ2v) is 5.37. The highest BCUT2D eigenvalue weighted by Gasteiger charge is 2.36. The minimum atomic E-state index is -0.480. The second kappa shape index (κ2) is 4.79. The Balaban J connectivity index is 1.75. The van der Waals surface area contributed by atoms with Crippen molar-refractivity contribution < 1.29 is 13.6 Å². The van der Waals surface area contributed by atoms with E-state index in [0.717, 1.165) is 37.8 Å². The summed E-state index contributed by atoms with van der Waals surface area (Å²) in [7, 11) is 0. The summed E-state index contributed by atoms with van der Waals surface area (Å²) in [4.78, 5) is 11.8. The Labute approximate surface area is 110 Å². The van der Waals surface area contributed by atoms with E-state index in [1.165, 1.54) is 6.07 Å². The molecule has 3 rings (SSSR count). The van der Waals surface area contributed by atoms with Gasteiger partial charge < -0.3 is 10.6 Å². The van der Waals surface area contributed by atoms with E-state index in [-0.39, 0.29) is 23.6 Å². The van der Waals surface area contributed by atoms with Crippen LogP contribution in [0.25, 0.3) is 0 Å². The number of benzene rings is 1. The predicted octanol–water partition coefficient (Wildman–Crippen LogP) is 2.88. The van der Waals surface area contributed by atoms with Crippen LogP contribution in [0.2, 0.25) is 0 Å². The molecule has 0 radical (unpaired) electrons. The molecule has 3 nitrogen and oxygen atoms in total. The maximum Gasteiger partial charge on any atom is 0.315 e. The van der Waals surface area contributed by atoms with Gasteiger partial charge in [-0.05, 0) is 49.8 Å². The molecule has 0 spiro atoms. The molecule has 0 aromatic heterocycles. The molecule has 2 fully saturated rings. The Morgan fingerprint density at radius 2 is 1.95 bits per heavy atom. The minimum Gasteiger partial charge on any atom is -0.335 e. The second-order valence-electron chi connectivity index (χ2n) is 5.37. The van der Waals surface area contributed by atoms with Crippen molar-refractivity contribution in [2.45, 2.75) is 37.8 Å². The lowest BCUT2D eigenvalue weighted by atomic mass is 10.0. The van der Waals surface area contributed by atoms with Crippen molar-refractivity contribution in [3.05, 3.63) is 35.4 Å². The molecule has 1 aromatic carbocycles. The van der Waals surface area contributed by atoms with Gasteiger partial charge in [-0.2, -0.15) is 0 Å². The number of amides is 2. The van der Waals surface area contributed by atoms with E-state index in [1.807, 2.05) is 0 Å². The van der Waals surface area contributed by atoms with Gasteiger partial charge in [0.25, 0.3) is 0 Å². The first-order valence-corrected chi connectivity index (χ1v) is 6.65. The third-order valence-corrected chi connectivity index (χ3v) is 3.59. The van der Waals surface area contributed by atoms with E-state index in [0.29, 0.717) is 0 Å². The molecule has 5 heteroatoms. The van der Waals surface area contributed by atoms with Crippen LogP contribution in [0.5, 0.6) is 0 Å². The molecular weight excluding hydrogens is 250 g/mol. The van der Waals surface area contributed by atoms with Crippen LogP contribution in [0.15, 0.2) is 18.2 Å². The number of nitrogens with one attached hydrogen (secondary N) is 2. The summed E-state index contributed by atoms with van der Waals surface area (Å²) in [5, 5.41) is 5.58. The summed E-state index contributed by atoms with van der Waals surface area (Å²) < 4.78 is 27.0. The molecule has 0 heterocycles. The number of urea groups is 1. The Morgan fingerprint density at radius 1 is 1.21 bits per heavy atom. The normalized spacial score (nSPS) is 19.9. The largest absolute Gasteiger partial charge is 0.335 e. The first-order valence-electron chi connectivity index (χ1n) is 6.65. The molecule has 2 aliphatic rings. The van der Waals surface area contributed by atoms with Crippen LogP contribution in [0.1, 0.15) is 37.3 Å². The highest BCUT2D eigenvalue weighted by atomic mass is 19.1. The van der Waals surface area contributed by atoms with Gasteiger partial charge in [-0.1, -0.05) is 0 Å². The Bertz CT molecular complexity index is 498. The number of halogens is 2. The third kappa shape index (κ3) is 3.03. The smallest absolute Gasteiger partial charge is 0.315 e. The van der Waals surface area contributed by atoms with Crippen molar-refractivity contribution in [1.29, 1.82) is 0 Å². The molecule has 2 amide bonds. The van der Waals surface area contributed by atoms with Gasteiger partial charge in [0.2, 0.25) is 0 Å². The van der Waals surface area contributed by atoms with Gasteiger partial charge in [0.15, 0.2) is 0 Å². The molecule has 0 saturated heterocycles. The van der Waals surface area contributed by atoms with Gasteiger partial charge >= 0.3 is 6.03 Å². The lowest BCUT2D eigenvalue weighted by molar-refractivity contribution is 0.234. The fourth-order valence-corrected chi connectivity index (χ4v) is 2.23. The van der Waals surface area contributed by atoms with Crippen molar-refractivity contribution >= 4 is 6.03 Å². The summed E-state index contributed by atoms with van der Waals surface area (Å²) in [6.07, 6.45) is 3.86. The molecule has 0 aliphatic heterocycles. The number of rotatable bonds is 4. The minimum absolute atomic E-state index is 0.209. The summed E-state index contributed by atoms with van der Waals surface area (Å²) in [6, 6.07) is 2.90. The lowest BCUT2D eigenvalue weighted by Crippen LogP contribution is -2.40. The zero-order valence-electron chi connectivity index (χ0n) is 10.5. The maximum atomic E-state index is 13.8. The van der Waals surface area contributed by atoms with Gasteiger partial charge in [-0.15, -0.1) is 0 Å². The molecule has 2 N–H and O–H groups in total. The van der Waals surface area contributed by atoms with Gasteiger partial charge in [0.05, 0.1) is 6.04 Å². The Kier molecular flexibility index (Phi) is 3.12. The van der Waals surface area contributed by atoms with Crippen molar-refractivity contribution in [3.63, 3.8) is 0 Å². The molecule has 19 heavy (non-hydrogen) atoms. The maximum absolute atomic E-state index is 13.8. The molecule has 0 bridgehead atoms. The molecule has 1 atom stereocenters. The number of hydrogen-bond donors (Lipinski definition) is 2. The third-order valence-electron chi connectivity index (χ3n) is 3.59. The summed E-state index contributed by atoms with van der Waals surface area (Å²) in [6.45, 7) is 0. The zero-order chi connectivity index (χ0) is 13.4. The van der Waals surface area contributed by atoms with Gasteiger partial charge in [0, 0.05) is 11.6 Å². The van der Waals surface area contributed by atoms with E-state index < -0.39 is 17.7 Å². The lowest BCUT2D eigenvalue weighted by Gasteiger charge is -2.19. The molecule has 2 saturated carbocycles. The molecule has 102 valence electrons. The first-order chi connectivity index (χ1) is 9.13. The summed E-state index contributed by atoms with van der Waals surface area (Å²) in [5.41, 5.74) is 0.244. The predicted molar refractivity (Wildman–Crippen MR) is 66.5 cm³/mol. The summed E-state index contributed by atoms with van der Waals surface area (Å²) in [5.74, 6) is -0.738. The highest BCUT2D eigenvalue weighted by Crippen LogP contribution is 2.41. The standard InChI is InChI=1S/C14H16F2N2O/c15-9-3-6-12(16)11(7-9)13(8-1-2-8)18-14(19)17-10-4-5-10/h3,6-8,10,13H,1-2,4-5H2,(H2,17,18,19). The molecular formula is C14H16F2N2O. The van der Waals surface area contributed by atoms with Gasteiger partial charge in [-0.25, -0.2) is 13.6 Å². The SMILES string of the molecule is O=C(NC1CC1)NC(c1cc(F)ccc1F)C1CC1.